The Bertz CT molecular complexity index is 1520. The average molecular weight is 543 g/mol. The molecule has 0 saturated heterocycles. The first-order valence-electron chi connectivity index (χ1n) is 10.6. The maximum absolute atomic E-state index is 12.6. The molecule has 0 spiro atoms. The molecule has 35 heavy (non-hydrogen) atoms. The Morgan fingerprint density at radius 1 is 1.29 bits per heavy atom. The number of hydrogen-bond donors (Lipinski definition) is 4. The van der Waals surface area contributed by atoms with Gasteiger partial charge in [-0.2, -0.15) is 10.1 Å². The van der Waals surface area contributed by atoms with Gasteiger partial charge in [-0.05, 0) is 36.8 Å². The van der Waals surface area contributed by atoms with Gasteiger partial charge < -0.3 is 19.5 Å². The molecular weight excluding hydrogens is 520 g/mol. The molecule has 0 saturated carbocycles. The third-order valence-corrected chi connectivity index (χ3v) is 5.78. The summed E-state index contributed by atoms with van der Waals surface area (Å²) in [5.74, 6) is 0.779. The number of aromatic amines is 1. The van der Waals surface area contributed by atoms with Crippen LogP contribution in [0.15, 0.2) is 61.6 Å². The third-order valence-electron chi connectivity index (χ3n) is 5.28. The Morgan fingerprint density at radius 2 is 2.06 bits per heavy atom. The van der Waals surface area contributed by atoms with Crippen molar-refractivity contribution in [2.24, 2.45) is 12.1 Å². The van der Waals surface area contributed by atoms with E-state index in [1.165, 1.54) is 28.5 Å². The fourth-order valence-electron chi connectivity index (χ4n) is 3.45. The van der Waals surface area contributed by atoms with Crippen molar-refractivity contribution in [3.05, 3.63) is 78.9 Å². The molecule has 0 amide bonds. The summed E-state index contributed by atoms with van der Waals surface area (Å²) in [7, 11) is 1.47. The molecule has 0 fully saturated rings. The number of nitrogens with one attached hydrogen (secondary N) is 2. The van der Waals surface area contributed by atoms with E-state index in [0.29, 0.717) is 11.3 Å². The molecule has 182 valence electrons. The number of para-hydroxylation sites is 1. The number of fused-ring (bicyclic) bond motifs is 1. The summed E-state index contributed by atoms with van der Waals surface area (Å²) < 4.78 is 9.10. The predicted octanol–water partition coefficient (Wildman–Crippen LogP) is 2.09. The SMILES string of the molecule is Cc1ccccc1OCC(O)Cn1c(N/N=C/c2cc(Br)ccc2O)nc2c1c(=O)[nH]c(=O)n2C. The molecule has 2 aromatic carbocycles. The van der Waals surface area contributed by atoms with E-state index in [9.17, 15) is 19.8 Å². The lowest BCUT2D eigenvalue weighted by Crippen LogP contribution is -2.30. The number of ether oxygens (including phenoxy) is 1. The van der Waals surface area contributed by atoms with Gasteiger partial charge in [-0.15, -0.1) is 0 Å². The molecule has 0 aliphatic heterocycles. The smallest absolute Gasteiger partial charge is 0.329 e. The summed E-state index contributed by atoms with van der Waals surface area (Å²) in [6.45, 7) is 1.79. The summed E-state index contributed by atoms with van der Waals surface area (Å²) in [5.41, 5.74) is 3.03. The van der Waals surface area contributed by atoms with Gasteiger partial charge in [0.1, 0.15) is 24.2 Å². The molecular formula is C23H23BrN6O5. The van der Waals surface area contributed by atoms with Gasteiger partial charge in [-0.25, -0.2) is 10.2 Å². The van der Waals surface area contributed by atoms with Gasteiger partial charge >= 0.3 is 5.69 Å². The van der Waals surface area contributed by atoms with Crippen LogP contribution in [-0.2, 0) is 13.6 Å². The molecule has 0 aliphatic rings. The number of H-pyrrole nitrogens is 1. The lowest BCUT2D eigenvalue weighted by atomic mass is 10.2. The average Bonchev–Trinajstić information content (AvgIpc) is 3.18. The van der Waals surface area contributed by atoms with Gasteiger partial charge in [-0.3, -0.25) is 14.3 Å². The Kier molecular flexibility index (Phi) is 7.03. The topological polar surface area (TPSA) is 147 Å². The summed E-state index contributed by atoms with van der Waals surface area (Å²) in [6, 6.07) is 12.3. The first-order chi connectivity index (χ1) is 16.7. The van der Waals surface area contributed by atoms with E-state index in [2.05, 4.69) is 36.4 Å². The van der Waals surface area contributed by atoms with Gasteiger partial charge in [0.2, 0.25) is 5.95 Å². The highest BCUT2D eigenvalue weighted by molar-refractivity contribution is 9.10. The fourth-order valence-corrected chi connectivity index (χ4v) is 3.83. The Balaban J connectivity index is 1.64. The van der Waals surface area contributed by atoms with Crippen LogP contribution in [0.5, 0.6) is 11.5 Å². The number of hydrazone groups is 1. The number of aromatic hydroxyl groups is 1. The minimum atomic E-state index is -1.01. The van der Waals surface area contributed by atoms with Crippen molar-refractivity contribution in [3.63, 3.8) is 0 Å². The maximum Gasteiger partial charge on any atom is 0.329 e. The number of nitrogens with zero attached hydrogens (tertiary/aromatic N) is 4. The maximum atomic E-state index is 12.6. The Morgan fingerprint density at radius 3 is 2.83 bits per heavy atom. The number of aliphatic hydroxyl groups is 1. The molecule has 2 heterocycles. The molecule has 4 aromatic rings. The van der Waals surface area contributed by atoms with Crippen LogP contribution in [0.3, 0.4) is 0 Å². The number of rotatable bonds is 8. The first-order valence-corrected chi connectivity index (χ1v) is 11.4. The van der Waals surface area contributed by atoms with Crippen molar-refractivity contribution in [2.75, 3.05) is 12.0 Å². The van der Waals surface area contributed by atoms with E-state index in [-0.39, 0.29) is 36.0 Å². The van der Waals surface area contributed by atoms with Crippen LogP contribution < -0.4 is 21.4 Å². The number of aromatic nitrogens is 4. The quantitative estimate of drug-likeness (QED) is 0.197. The number of phenols is 1. The monoisotopic (exact) mass is 542 g/mol. The van der Waals surface area contributed by atoms with Crippen molar-refractivity contribution in [3.8, 4) is 11.5 Å². The molecule has 4 N–H and O–H groups in total. The van der Waals surface area contributed by atoms with E-state index in [4.69, 9.17) is 4.74 Å². The van der Waals surface area contributed by atoms with Gasteiger partial charge in [0.15, 0.2) is 11.2 Å². The highest BCUT2D eigenvalue weighted by Crippen LogP contribution is 2.21. The second-order valence-corrected chi connectivity index (χ2v) is 8.76. The van der Waals surface area contributed by atoms with Crippen LogP contribution in [0.4, 0.5) is 5.95 Å². The third kappa shape index (κ3) is 5.28. The lowest BCUT2D eigenvalue weighted by molar-refractivity contribution is 0.0935. The number of anilines is 1. The van der Waals surface area contributed by atoms with Crippen molar-refractivity contribution in [1.29, 1.82) is 0 Å². The van der Waals surface area contributed by atoms with Gasteiger partial charge in [0, 0.05) is 17.1 Å². The predicted molar refractivity (Wildman–Crippen MR) is 135 cm³/mol. The molecule has 1 unspecified atom stereocenters. The molecule has 0 radical (unpaired) electrons. The minimum absolute atomic E-state index is 0.0230. The number of aryl methyl sites for hydroxylation is 2. The van der Waals surface area contributed by atoms with Gasteiger partial charge in [-0.1, -0.05) is 34.1 Å². The van der Waals surface area contributed by atoms with Crippen LogP contribution in [0.1, 0.15) is 11.1 Å². The summed E-state index contributed by atoms with van der Waals surface area (Å²) in [5, 5.41) is 24.8. The van der Waals surface area contributed by atoms with Crippen LogP contribution in [-0.4, -0.2) is 48.2 Å². The van der Waals surface area contributed by atoms with E-state index in [0.717, 1.165) is 10.0 Å². The highest BCUT2D eigenvalue weighted by Gasteiger charge is 2.20. The summed E-state index contributed by atoms with van der Waals surface area (Å²) >= 11 is 3.33. The molecule has 4 rings (SSSR count). The largest absolute Gasteiger partial charge is 0.507 e. The van der Waals surface area contributed by atoms with E-state index < -0.39 is 17.4 Å². The molecule has 0 aliphatic carbocycles. The number of aliphatic hydroxyl groups excluding tert-OH is 1. The zero-order valence-electron chi connectivity index (χ0n) is 18.9. The van der Waals surface area contributed by atoms with E-state index in [1.807, 2.05) is 25.1 Å². The number of hydrogen-bond acceptors (Lipinski definition) is 8. The van der Waals surface area contributed by atoms with Crippen LogP contribution in [0.2, 0.25) is 0 Å². The first kappa shape index (κ1) is 24.2. The van der Waals surface area contributed by atoms with Crippen molar-refractivity contribution < 1.29 is 14.9 Å². The molecule has 0 bridgehead atoms. The normalized spacial score (nSPS) is 12.3. The van der Waals surface area contributed by atoms with Crippen molar-refractivity contribution >= 4 is 39.3 Å². The Hall–Kier alpha value is -3.90. The molecule has 11 nitrogen and oxygen atoms in total. The summed E-state index contributed by atoms with van der Waals surface area (Å²) in [6.07, 6.45) is 0.368. The molecule has 2 aromatic heterocycles. The number of phenolic OH excluding ortho intramolecular Hbond substituents is 1. The standard InChI is InChI=1S/C23H23BrN6O5/c1-13-5-3-4-6-18(13)35-12-16(31)11-30-19-20(29(2)23(34)27-21(19)33)26-22(30)28-25-10-14-9-15(24)7-8-17(14)32/h3-10,16,31-32H,11-12H2,1-2H3,(H,26,28)(H,27,33,34)/b25-10+. The van der Waals surface area contributed by atoms with Gasteiger partial charge in [0.05, 0.1) is 12.8 Å². The Labute approximate surface area is 207 Å². The number of imidazole rings is 1. The van der Waals surface area contributed by atoms with Crippen LogP contribution in [0.25, 0.3) is 11.2 Å². The number of halogens is 1. The zero-order chi connectivity index (χ0) is 25.1. The van der Waals surface area contributed by atoms with Crippen molar-refractivity contribution in [1.82, 2.24) is 19.1 Å². The van der Waals surface area contributed by atoms with E-state index in [1.54, 1.807) is 18.2 Å². The zero-order valence-corrected chi connectivity index (χ0v) is 20.5. The highest BCUT2D eigenvalue weighted by atomic mass is 79.9. The molecule has 1 atom stereocenters. The fraction of sp³-hybridized carbons (Fsp3) is 0.217. The van der Waals surface area contributed by atoms with Crippen LogP contribution >= 0.6 is 15.9 Å². The van der Waals surface area contributed by atoms with Gasteiger partial charge in [0.25, 0.3) is 5.56 Å². The number of benzene rings is 2. The van der Waals surface area contributed by atoms with Crippen LogP contribution in [0, 0.1) is 6.92 Å². The lowest BCUT2D eigenvalue weighted by Gasteiger charge is -2.16. The second kappa shape index (κ2) is 10.2. The van der Waals surface area contributed by atoms with E-state index >= 15 is 0 Å². The second-order valence-electron chi connectivity index (χ2n) is 7.84. The minimum Gasteiger partial charge on any atom is -0.507 e. The summed E-state index contributed by atoms with van der Waals surface area (Å²) in [4.78, 5) is 31.3. The molecule has 12 heteroatoms. The van der Waals surface area contributed by atoms with Crippen molar-refractivity contribution in [2.45, 2.75) is 19.6 Å².